The molecule has 0 N–H and O–H groups in total. The maximum absolute atomic E-state index is 7.38. The van der Waals surface area contributed by atoms with Crippen LogP contribution in [-0.2, 0) is 0 Å². The molecule has 0 amide bonds. The van der Waals surface area contributed by atoms with Crippen LogP contribution in [0.5, 0.6) is 23.0 Å². The van der Waals surface area contributed by atoms with Gasteiger partial charge in [-0.05, 0) is 162 Å². The fourth-order valence-electron chi connectivity index (χ4n) is 14.6. The molecule has 0 saturated carbocycles. The van der Waals surface area contributed by atoms with Crippen molar-refractivity contribution >= 4 is 64.6 Å². The van der Waals surface area contributed by atoms with E-state index in [2.05, 4.69) is 303 Å². The molecule has 0 aromatic heterocycles. The molecule has 0 fully saturated rings. The molecular formula is C84H50O2. The highest BCUT2D eigenvalue weighted by molar-refractivity contribution is 6.27. The Morgan fingerprint density at radius 2 is 0.547 bits per heavy atom. The van der Waals surface area contributed by atoms with Gasteiger partial charge in [-0.25, -0.2) is 0 Å². The zero-order chi connectivity index (χ0) is 56.4. The molecule has 0 radical (unpaired) electrons. The second-order valence-corrected chi connectivity index (χ2v) is 22.8. The van der Waals surface area contributed by atoms with Crippen molar-refractivity contribution in [2.45, 2.75) is 0 Å². The first-order valence-corrected chi connectivity index (χ1v) is 29.6. The van der Waals surface area contributed by atoms with Gasteiger partial charge in [-0.2, -0.15) is 0 Å². The molecule has 0 bridgehead atoms. The monoisotopic (exact) mass is 1090 g/mol. The Hall–Kier alpha value is -11.3. The summed E-state index contributed by atoms with van der Waals surface area (Å²) in [6, 6.07) is 111. The summed E-state index contributed by atoms with van der Waals surface area (Å²) in [6.45, 7) is 0. The first-order chi connectivity index (χ1) is 42.7. The SMILES string of the molecule is c1ccc(-c2ccc(-c3ccc(-c4cc(-c5c6ccccc6c(-c6ccccc6)c6ccccc56)c5cccc6c5c4Oc4ccccc4-6)cc3)c3c2Oc2ccc(-c4c5ccccc5c(-c5ccccc5)c5ccccc45)c4cccc-3c24)cc1. The molecule has 398 valence electrons. The van der Waals surface area contributed by atoms with E-state index >= 15 is 0 Å². The Morgan fingerprint density at radius 1 is 0.163 bits per heavy atom. The molecule has 2 nitrogen and oxygen atoms in total. The summed E-state index contributed by atoms with van der Waals surface area (Å²) in [4.78, 5) is 0. The van der Waals surface area contributed by atoms with Gasteiger partial charge in [0.25, 0.3) is 0 Å². The van der Waals surface area contributed by atoms with E-state index < -0.39 is 0 Å². The van der Waals surface area contributed by atoms with Crippen LogP contribution >= 0.6 is 0 Å². The number of benzene rings is 16. The van der Waals surface area contributed by atoms with E-state index in [0.717, 1.165) is 94.6 Å². The lowest BCUT2D eigenvalue weighted by molar-refractivity contribution is 0.488. The molecule has 2 heteroatoms. The van der Waals surface area contributed by atoms with E-state index in [4.69, 9.17) is 9.47 Å². The summed E-state index contributed by atoms with van der Waals surface area (Å²) >= 11 is 0. The van der Waals surface area contributed by atoms with E-state index in [1.54, 1.807) is 0 Å². The highest BCUT2D eigenvalue weighted by Crippen LogP contribution is 2.58. The minimum absolute atomic E-state index is 0.850. The minimum atomic E-state index is 0.850. The van der Waals surface area contributed by atoms with Gasteiger partial charge in [0.15, 0.2) is 0 Å². The third-order valence-corrected chi connectivity index (χ3v) is 18.3. The van der Waals surface area contributed by atoms with Crippen molar-refractivity contribution in [3.05, 3.63) is 303 Å². The van der Waals surface area contributed by atoms with Crippen LogP contribution in [0.15, 0.2) is 303 Å². The number of para-hydroxylation sites is 1. The number of fused-ring (bicyclic) bond motifs is 8. The van der Waals surface area contributed by atoms with Gasteiger partial charge in [0.05, 0.1) is 0 Å². The van der Waals surface area contributed by atoms with Gasteiger partial charge in [0.2, 0.25) is 0 Å². The van der Waals surface area contributed by atoms with E-state index in [1.165, 1.54) is 93.2 Å². The summed E-state index contributed by atoms with van der Waals surface area (Å²) < 4.78 is 14.6. The Balaban J connectivity index is 0.848. The zero-order valence-electron chi connectivity index (χ0n) is 46.7. The molecule has 2 aliphatic rings. The standard InChI is InChI=1S/C84H50O2/c1-4-22-51(23-5-1)57-47-46-56(81-71-40-21-38-68-70(48-49-75(80(68)71)86-83(57)81)78-64-33-14-10-29-60(64)76(54-24-6-2-7-25-54)61-30-11-15-34-65(61)78)52-42-44-53(45-43-52)72-50-73(69-39-20-37-59-58-28-18-19-41-74(58)85-84(72)82(59)69)79-66-35-16-12-31-62(66)77(55-26-8-3-9-27-55)63-32-13-17-36-67(63)79/h1-50H. The smallest absolute Gasteiger partial charge is 0.143 e. The molecule has 0 saturated heterocycles. The Kier molecular flexibility index (Phi) is 10.7. The average Bonchev–Trinajstić information content (AvgIpc) is 0.891. The van der Waals surface area contributed by atoms with Crippen molar-refractivity contribution in [2.75, 3.05) is 0 Å². The van der Waals surface area contributed by atoms with Crippen molar-refractivity contribution in [3.63, 3.8) is 0 Å². The number of ether oxygens (including phenoxy) is 2. The van der Waals surface area contributed by atoms with Crippen LogP contribution in [0.25, 0.3) is 165 Å². The largest absolute Gasteiger partial charge is 0.455 e. The maximum Gasteiger partial charge on any atom is 0.143 e. The highest BCUT2D eigenvalue weighted by atomic mass is 16.5. The average molecular weight is 1090 g/mol. The third kappa shape index (κ3) is 7.20. The summed E-state index contributed by atoms with van der Waals surface area (Å²) in [5, 5.41) is 14.3. The predicted octanol–water partition coefficient (Wildman–Crippen LogP) is 23.8. The Labute approximate surface area is 497 Å². The van der Waals surface area contributed by atoms with Crippen molar-refractivity contribution in [1.29, 1.82) is 0 Å². The normalized spacial score (nSPS) is 12.1. The predicted molar refractivity (Wildman–Crippen MR) is 361 cm³/mol. The van der Waals surface area contributed by atoms with Crippen LogP contribution < -0.4 is 9.47 Å². The van der Waals surface area contributed by atoms with Crippen molar-refractivity contribution in [1.82, 2.24) is 0 Å². The van der Waals surface area contributed by atoms with Crippen molar-refractivity contribution < 1.29 is 9.47 Å². The summed E-state index contributed by atoms with van der Waals surface area (Å²) in [6.07, 6.45) is 0. The van der Waals surface area contributed by atoms with Crippen molar-refractivity contribution in [3.8, 4) is 123 Å². The minimum Gasteiger partial charge on any atom is -0.455 e. The van der Waals surface area contributed by atoms with E-state index in [1.807, 2.05) is 0 Å². The van der Waals surface area contributed by atoms with Gasteiger partial charge in [-0.1, -0.05) is 273 Å². The van der Waals surface area contributed by atoms with Crippen LogP contribution in [0.1, 0.15) is 0 Å². The zero-order valence-corrected chi connectivity index (χ0v) is 46.7. The second kappa shape index (κ2) is 19.1. The molecule has 0 unspecified atom stereocenters. The van der Waals surface area contributed by atoms with Crippen LogP contribution in [0.3, 0.4) is 0 Å². The van der Waals surface area contributed by atoms with Gasteiger partial charge in [0.1, 0.15) is 23.0 Å². The van der Waals surface area contributed by atoms with Crippen molar-refractivity contribution in [2.24, 2.45) is 0 Å². The highest BCUT2D eigenvalue weighted by Gasteiger charge is 2.31. The van der Waals surface area contributed by atoms with Gasteiger partial charge >= 0.3 is 0 Å². The maximum atomic E-state index is 7.38. The Bertz CT molecular complexity index is 5380. The van der Waals surface area contributed by atoms with Crippen LogP contribution in [-0.4, -0.2) is 0 Å². The molecule has 16 aromatic carbocycles. The van der Waals surface area contributed by atoms with Crippen LogP contribution in [0.4, 0.5) is 0 Å². The first-order valence-electron chi connectivity index (χ1n) is 29.6. The van der Waals surface area contributed by atoms with Gasteiger partial charge in [0, 0.05) is 33.0 Å². The van der Waals surface area contributed by atoms with Crippen LogP contribution in [0, 0.1) is 0 Å². The molecule has 2 heterocycles. The fourth-order valence-corrected chi connectivity index (χ4v) is 14.6. The fraction of sp³-hybridized carbons (Fsp3) is 0. The first kappa shape index (κ1) is 48.2. The molecule has 86 heavy (non-hydrogen) atoms. The number of hydrogen-bond donors (Lipinski definition) is 0. The lowest BCUT2D eigenvalue weighted by Crippen LogP contribution is -2.02. The van der Waals surface area contributed by atoms with Crippen LogP contribution in [0.2, 0.25) is 0 Å². The van der Waals surface area contributed by atoms with Gasteiger partial charge in [-0.15, -0.1) is 0 Å². The molecule has 0 atom stereocenters. The summed E-state index contributed by atoms with van der Waals surface area (Å²) in [7, 11) is 0. The Morgan fingerprint density at radius 3 is 1.10 bits per heavy atom. The molecule has 2 aliphatic heterocycles. The lowest BCUT2D eigenvalue weighted by atomic mass is 9.81. The number of rotatable bonds is 7. The topological polar surface area (TPSA) is 18.5 Å². The molecular weight excluding hydrogens is 1040 g/mol. The molecule has 0 aliphatic carbocycles. The molecule has 16 aromatic rings. The molecule has 18 rings (SSSR count). The summed E-state index contributed by atoms with van der Waals surface area (Å²) in [5.41, 5.74) is 20.6. The van der Waals surface area contributed by atoms with Gasteiger partial charge in [-0.3, -0.25) is 0 Å². The quantitative estimate of drug-likeness (QED) is 0.148. The van der Waals surface area contributed by atoms with E-state index in [9.17, 15) is 0 Å². The molecule has 0 spiro atoms. The lowest BCUT2D eigenvalue weighted by Gasteiger charge is -2.28. The van der Waals surface area contributed by atoms with Gasteiger partial charge < -0.3 is 9.47 Å². The second-order valence-electron chi connectivity index (χ2n) is 22.8. The summed E-state index contributed by atoms with van der Waals surface area (Å²) in [5.74, 6) is 3.43. The number of hydrogen-bond acceptors (Lipinski definition) is 2. The third-order valence-electron chi connectivity index (χ3n) is 18.3. The van der Waals surface area contributed by atoms with E-state index in [0.29, 0.717) is 0 Å². The van der Waals surface area contributed by atoms with E-state index in [-0.39, 0.29) is 0 Å².